The van der Waals surface area contributed by atoms with Gasteiger partial charge in [0.2, 0.25) is 0 Å². The van der Waals surface area contributed by atoms with Crippen molar-refractivity contribution in [3.8, 4) is 0 Å². The third-order valence-electron chi connectivity index (χ3n) is 1.99. The van der Waals surface area contributed by atoms with Crippen molar-refractivity contribution in [2.24, 2.45) is 0 Å². The van der Waals surface area contributed by atoms with Gasteiger partial charge in [-0.1, -0.05) is 27.2 Å². The fourth-order valence-corrected chi connectivity index (χ4v) is 1.87. The summed E-state index contributed by atoms with van der Waals surface area (Å²) < 4.78 is 0. The number of thiazole rings is 1. The van der Waals surface area contributed by atoms with Gasteiger partial charge >= 0.3 is 0 Å². The molecule has 0 aliphatic heterocycles. The zero-order valence-corrected chi connectivity index (χ0v) is 11.5. The highest BCUT2D eigenvalue weighted by molar-refractivity contribution is 7.09. The first kappa shape index (κ1) is 14.6. The highest BCUT2D eigenvalue weighted by Gasteiger charge is 2.02. The fraction of sp³-hybridized carbons (Fsp3) is 0.750. The molecule has 15 heavy (non-hydrogen) atoms. The minimum absolute atomic E-state index is 0.990. The third-order valence-corrected chi connectivity index (χ3v) is 2.81. The average molecular weight is 228 g/mol. The Kier molecular flexibility index (Phi) is 8.62. The summed E-state index contributed by atoms with van der Waals surface area (Å²) >= 11 is 1.73. The molecule has 0 radical (unpaired) electrons. The van der Waals surface area contributed by atoms with E-state index in [-0.39, 0.29) is 0 Å². The molecule has 0 aliphatic rings. The van der Waals surface area contributed by atoms with Crippen molar-refractivity contribution in [3.63, 3.8) is 0 Å². The van der Waals surface area contributed by atoms with Crippen LogP contribution >= 0.6 is 11.3 Å². The number of hydrogen-bond donors (Lipinski definition) is 0. The normalized spacial score (nSPS) is 10.0. The number of aromatic nitrogens is 1. The summed E-state index contributed by atoms with van der Waals surface area (Å²) in [5.41, 5.74) is 1.21. The second-order valence-electron chi connectivity index (χ2n) is 3.45. The molecule has 0 aliphatic carbocycles. The van der Waals surface area contributed by atoms with Crippen LogP contribution in [0.3, 0.4) is 0 Å². The Hall–Kier alpha value is -0.410. The standard InChI is InChI=1S/C10H18N2S.C2H6/c1-4-5-6-12(3)7-10-8-13-9(2)11-10;1-2/h8H,4-7H2,1-3H3;1-2H3. The molecule has 1 rings (SSSR count). The lowest BCUT2D eigenvalue weighted by Gasteiger charge is -2.13. The summed E-state index contributed by atoms with van der Waals surface area (Å²) in [6, 6.07) is 0. The van der Waals surface area contributed by atoms with Crippen molar-refractivity contribution in [1.82, 2.24) is 9.88 Å². The summed E-state index contributed by atoms with van der Waals surface area (Å²) in [5.74, 6) is 0. The van der Waals surface area contributed by atoms with Crippen molar-refractivity contribution in [2.45, 2.75) is 47.1 Å². The quantitative estimate of drug-likeness (QED) is 0.764. The molecular formula is C12H24N2S. The predicted molar refractivity (Wildman–Crippen MR) is 69.4 cm³/mol. The Labute approximate surface area is 98.3 Å². The minimum atomic E-state index is 0.990. The lowest BCUT2D eigenvalue weighted by atomic mass is 10.3. The number of aryl methyl sites for hydroxylation is 1. The molecule has 0 aromatic carbocycles. The molecule has 0 amide bonds. The Morgan fingerprint density at radius 2 is 2.07 bits per heavy atom. The third kappa shape index (κ3) is 6.63. The van der Waals surface area contributed by atoms with Gasteiger partial charge in [0.1, 0.15) is 0 Å². The Morgan fingerprint density at radius 1 is 1.40 bits per heavy atom. The van der Waals surface area contributed by atoms with E-state index < -0.39 is 0 Å². The molecule has 0 fully saturated rings. The SMILES string of the molecule is CC.CCCCN(C)Cc1csc(C)n1. The fourth-order valence-electron chi connectivity index (χ4n) is 1.26. The van der Waals surface area contributed by atoms with Crippen LogP contribution in [0.1, 0.15) is 44.3 Å². The van der Waals surface area contributed by atoms with Gasteiger partial charge < -0.3 is 4.90 Å². The molecule has 88 valence electrons. The summed E-state index contributed by atoms with van der Waals surface area (Å²) in [4.78, 5) is 6.77. The maximum Gasteiger partial charge on any atom is 0.0897 e. The lowest BCUT2D eigenvalue weighted by molar-refractivity contribution is 0.317. The topological polar surface area (TPSA) is 16.1 Å². The first-order valence-corrected chi connectivity index (χ1v) is 6.70. The second-order valence-corrected chi connectivity index (χ2v) is 4.51. The van der Waals surface area contributed by atoms with E-state index in [1.54, 1.807) is 11.3 Å². The summed E-state index contributed by atoms with van der Waals surface area (Å²) in [6.07, 6.45) is 2.54. The van der Waals surface area contributed by atoms with Crippen LogP contribution in [0.4, 0.5) is 0 Å². The molecule has 0 saturated heterocycles. The van der Waals surface area contributed by atoms with Gasteiger partial charge in [0.05, 0.1) is 10.7 Å². The molecular weight excluding hydrogens is 204 g/mol. The Balaban J connectivity index is 0.000000921. The maximum absolute atomic E-state index is 4.44. The van der Waals surface area contributed by atoms with Crippen LogP contribution in [0.15, 0.2) is 5.38 Å². The lowest BCUT2D eigenvalue weighted by Crippen LogP contribution is -2.19. The molecule has 0 bridgehead atoms. The molecule has 0 saturated carbocycles. The zero-order chi connectivity index (χ0) is 11.7. The van der Waals surface area contributed by atoms with E-state index >= 15 is 0 Å². The highest BCUT2D eigenvalue weighted by Crippen LogP contribution is 2.09. The first-order valence-electron chi connectivity index (χ1n) is 5.82. The molecule has 1 aromatic heterocycles. The molecule has 0 spiro atoms. The van der Waals surface area contributed by atoms with Gasteiger partial charge in [0.15, 0.2) is 0 Å². The van der Waals surface area contributed by atoms with Gasteiger partial charge in [-0.25, -0.2) is 4.98 Å². The average Bonchev–Trinajstić information content (AvgIpc) is 2.64. The Bertz CT molecular complexity index is 246. The van der Waals surface area contributed by atoms with Gasteiger partial charge in [0, 0.05) is 11.9 Å². The smallest absolute Gasteiger partial charge is 0.0897 e. The minimum Gasteiger partial charge on any atom is -0.301 e. The van der Waals surface area contributed by atoms with Crippen molar-refractivity contribution in [1.29, 1.82) is 0 Å². The van der Waals surface area contributed by atoms with Crippen LogP contribution in [0.25, 0.3) is 0 Å². The van der Waals surface area contributed by atoms with Crippen LogP contribution in [-0.2, 0) is 6.54 Å². The monoisotopic (exact) mass is 228 g/mol. The number of nitrogens with zero attached hydrogens (tertiary/aromatic N) is 2. The van der Waals surface area contributed by atoms with E-state index in [2.05, 4.69) is 36.2 Å². The van der Waals surface area contributed by atoms with Crippen molar-refractivity contribution in [2.75, 3.05) is 13.6 Å². The van der Waals surface area contributed by atoms with Crippen LogP contribution in [0, 0.1) is 6.92 Å². The Morgan fingerprint density at radius 3 is 2.53 bits per heavy atom. The van der Waals surface area contributed by atoms with E-state index in [4.69, 9.17) is 0 Å². The molecule has 3 heteroatoms. The van der Waals surface area contributed by atoms with Gasteiger partial charge in [-0.15, -0.1) is 11.3 Å². The van der Waals surface area contributed by atoms with Crippen molar-refractivity contribution >= 4 is 11.3 Å². The van der Waals surface area contributed by atoms with Crippen LogP contribution in [-0.4, -0.2) is 23.5 Å². The van der Waals surface area contributed by atoms with Gasteiger partial charge in [-0.3, -0.25) is 0 Å². The predicted octanol–water partition coefficient (Wildman–Crippen LogP) is 3.71. The van der Waals surface area contributed by atoms with Crippen molar-refractivity contribution < 1.29 is 0 Å². The van der Waals surface area contributed by atoms with E-state index in [0.29, 0.717) is 0 Å². The summed E-state index contributed by atoms with van der Waals surface area (Å²) in [6.45, 7) is 10.4. The highest BCUT2D eigenvalue weighted by atomic mass is 32.1. The molecule has 2 nitrogen and oxygen atoms in total. The van der Waals surface area contributed by atoms with Crippen LogP contribution in [0.2, 0.25) is 0 Å². The van der Waals surface area contributed by atoms with E-state index in [9.17, 15) is 0 Å². The number of rotatable bonds is 5. The number of hydrogen-bond acceptors (Lipinski definition) is 3. The largest absolute Gasteiger partial charge is 0.301 e. The molecule has 0 unspecified atom stereocenters. The maximum atomic E-state index is 4.44. The van der Waals surface area contributed by atoms with Gasteiger partial charge in [-0.05, 0) is 26.9 Å². The molecule has 1 heterocycles. The summed E-state index contributed by atoms with van der Waals surface area (Å²) in [5, 5.41) is 3.32. The van der Waals surface area contributed by atoms with Crippen LogP contribution in [0.5, 0.6) is 0 Å². The van der Waals surface area contributed by atoms with Crippen molar-refractivity contribution in [3.05, 3.63) is 16.1 Å². The van der Waals surface area contributed by atoms with E-state index in [0.717, 1.165) is 6.54 Å². The molecule has 1 aromatic rings. The molecule has 0 N–H and O–H groups in total. The van der Waals surface area contributed by atoms with Gasteiger partial charge in [0.25, 0.3) is 0 Å². The van der Waals surface area contributed by atoms with Crippen LogP contribution < -0.4 is 0 Å². The zero-order valence-electron chi connectivity index (χ0n) is 10.7. The number of unbranched alkanes of at least 4 members (excludes halogenated alkanes) is 1. The first-order chi connectivity index (χ1) is 7.22. The molecule has 0 atom stereocenters. The summed E-state index contributed by atoms with van der Waals surface area (Å²) in [7, 11) is 2.16. The van der Waals surface area contributed by atoms with Gasteiger partial charge in [-0.2, -0.15) is 0 Å². The van der Waals surface area contributed by atoms with E-state index in [1.807, 2.05) is 13.8 Å². The van der Waals surface area contributed by atoms with E-state index in [1.165, 1.54) is 30.1 Å². The second kappa shape index (κ2) is 8.86.